The molecular formula is C97H64N2. The van der Waals surface area contributed by atoms with Gasteiger partial charge in [0.05, 0.1) is 27.5 Å². The third-order valence-corrected chi connectivity index (χ3v) is 20.8. The van der Waals surface area contributed by atoms with Gasteiger partial charge in [0.15, 0.2) is 0 Å². The normalized spacial score (nSPS) is 12.6. The van der Waals surface area contributed by atoms with E-state index in [0.29, 0.717) is 0 Å². The number of aromatic nitrogens is 2. The average molecular weight is 1260 g/mol. The maximum Gasteiger partial charge on any atom is 0.0713 e. The number of fused-ring (bicyclic) bond motifs is 11. The highest BCUT2D eigenvalue weighted by atomic mass is 15.0. The monoisotopic (exact) mass is 1260 g/mol. The van der Waals surface area contributed by atoms with Crippen molar-refractivity contribution in [3.05, 3.63) is 408 Å². The number of hydrogen-bond donors (Lipinski definition) is 0. The summed E-state index contributed by atoms with van der Waals surface area (Å²) < 4.78 is 4.80. The molecule has 2 aromatic heterocycles. The van der Waals surface area contributed by atoms with E-state index in [1.165, 1.54) is 154 Å². The maximum atomic E-state index is 2.46. The highest BCUT2D eigenvalue weighted by Crippen LogP contribution is 2.57. The van der Waals surface area contributed by atoms with Gasteiger partial charge in [0.1, 0.15) is 0 Å². The lowest BCUT2D eigenvalue weighted by molar-refractivity contribution is 0.769. The second-order valence-electron chi connectivity index (χ2n) is 26.4. The zero-order valence-corrected chi connectivity index (χ0v) is 54.3. The summed E-state index contributed by atoms with van der Waals surface area (Å²) in [5.74, 6) is 0. The predicted molar refractivity (Wildman–Crippen MR) is 420 cm³/mol. The Balaban J connectivity index is 0.573. The molecule has 2 nitrogen and oxygen atoms in total. The van der Waals surface area contributed by atoms with Crippen LogP contribution in [-0.2, 0) is 5.41 Å². The van der Waals surface area contributed by atoms with E-state index in [1.54, 1.807) is 0 Å². The van der Waals surface area contributed by atoms with Gasteiger partial charge in [-0.2, -0.15) is 0 Å². The largest absolute Gasteiger partial charge is 0.309 e. The molecule has 0 N–H and O–H groups in total. The van der Waals surface area contributed by atoms with Crippen molar-refractivity contribution in [2.75, 3.05) is 0 Å². The SMILES string of the molecule is C(=Cc1ccc(-c2ccc3c(c2)c2ccccc2n3-c2ccc3ccccc3c2)cc1)c1ccc(-c2ccc3c(c2)C(c2ccccc2)(c2ccccc2)c2cc(-c4ccc(C=Cc5ccc(-c6ccc7c(c6)c6ccccc6n7-c6ccc7ccccc7c6)cc5)cc4)ccc2-3)cc1. The summed E-state index contributed by atoms with van der Waals surface area (Å²) in [4.78, 5) is 0. The summed E-state index contributed by atoms with van der Waals surface area (Å²) in [6, 6.07) is 135. The van der Waals surface area contributed by atoms with E-state index in [-0.39, 0.29) is 0 Å². The van der Waals surface area contributed by atoms with E-state index < -0.39 is 5.41 Å². The smallest absolute Gasteiger partial charge is 0.0713 e. The van der Waals surface area contributed by atoms with Crippen LogP contribution in [0.25, 0.3) is 156 Å². The zero-order valence-electron chi connectivity index (χ0n) is 54.3. The Kier molecular flexibility index (Phi) is 13.8. The van der Waals surface area contributed by atoms with Gasteiger partial charge in [-0.1, -0.05) is 315 Å². The first-order valence-electron chi connectivity index (χ1n) is 34.3. The van der Waals surface area contributed by atoms with Gasteiger partial charge in [0.2, 0.25) is 0 Å². The highest BCUT2D eigenvalue weighted by Gasteiger charge is 2.46. The van der Waals surface area contributed by atoms with E-state index in [4.69, 9.17) is 0 Å². The Labute approximate surface area is 575 Å². The van der Waals surface area contributed by atoms with Crippen LogP contribution in [0.1, 0.15) is 44.5 Å². The van der Waals surface area contributed by atoms with Crippen molar-refractivity contribution >= 4 is 89.5 Å². The Morgan fingerprint density at radius 2 is 0.505 bits per heavy atom. The van der Waals surface area contributed by atoms with Gasteiger partial charge in [-0.25, -0.2) is 0 Å². The Morgan fingerprint density at radius 1 is 0.202 bits per heavy atom. The van der Waals surface area contributed by atoms with Gasteiger partial charge in [0.25, 0.3) is 0 Å². The minimum Gasteiger partial charge on any atom is -0.309 e. The van der Waals surface area contributed by atoms with Crippen LogP contribution < -0.4 is 0 Å². The molecule has 2 heterocycles. The fraction of sp³-hybridized carbons (Fsp3) is 0.0103. The van der Waals surface area contributed by atoms with E-state index in [2.05, 4.69) is 397 Å². The summed E-state index contributed by atoms with van der Waals surface area (Å²) >= 11 is 0. The first-order chi connectivity index (χ1) is 49.0. The summed E-state index contributed by atoms with van der Waals surface area (Å²) in [7, 11) is 0. The van der Waals surface area contributed by atoms with E-state index in [9.17, 15) is 0 Å². The first kappa shape index (κ1) is 57.6. The molecule has 0 radical (unpaired) electrons. The second kappa shape index (κ2) is 23.8. The van der Waals surface area contributed by atoms with Crippen molar-refractivity contribution in [3.8, 4) is 67.0 Å². The lowest BCUT2D eigenvalue weighted by Gasteiger charge is -2.34. The summed E-state index contributed by atoms with van der Waals surface area (Å²) in [6.45, 7) is 0. The molecule has 0 saturated heterocycles. The van der Waals surface area contributed by atoms with Crippen LogP contribution in [0.5, 0.6) is 0 Å². The molecule has 19 rings (SSSR count). The molecule has 0 aliphatic heterocycles. The third-order valence-electron chi connectivity index (χ3n) is 20.8. The first-order valence-corrected chi connectivity index (χ1v) is 34.3. The molecule has 1 aliphatic rings. The van der Waals surface area contributed by atoms with Crippen LogP contribution >= 0.6 is 0 Å². The predicted octanol–water partition coefficient (Wildman–Crippen LogP) is 25.6. The van der Waals surface area contributed by atoms with E-state index >= 15 is 0 Å². The van der Waals surface area contributed by atoms with E-state index in [0.717, 1.165) is 22.3 Å². The van der Waals surface area contributed by atoms with Gasteiger partial charge in [-0.3, -0.25) is 0 Å². The maximum absolute atomic E-state index is 2.46. The van der Waals surface area contributed by atoms with Gasteiger partial charge in [-0.15, -0.1) is 0 Å². The van der Waals surface area contributed by atoms with Crippen molar-refractivity contribution in [3.63, 3.8) is 0 Å². The van der Waals surface area contributed by atoms with Gasteiger partial charge in [-0.05, 0) is 194 Å². The van der Waals surface area contributed by atoms with Crippen LogP contribution in [0.15, 0.2) is 364 Å². The van der Waals surface area contributed by atoms with Crippen LogP contribution in [0, 0.1) is 0 Å². The number of hydrogen-bond acceptors (Lipinski definition) is 0. The molecule has 0 fully saturated rings. The van der Waals surface area contributed by atoms with Crippen molar-refractivity contribution in [2.45, 2.75) is 5.41 Å². The molecule has 462 valence electrons. The topological polar surface area (TPSA) is 9.86 Å². The minimum absolute atomic E-state index is 0.563. The molecule has 18 aromatic rings. The second-order valence-corrected chi connectivity index (χ2v) is 26.4. The average Bonchev–Trinajstić information content (AvgIpc) is 1.55. The van der Waals surface area contributed by atoms with E-state index in [1.807, 2.05) is 0 Å². The third kappa shape index (κ3) is 9.95. The zero-order chi connectivity index (χ0) is 65.4. The van der Waals surface area contributed by atoms with Crippen LogP contribution in [-0.4, -0.2) is 9.13 Å². The molecule has 2 heteroatoms. The van der Waals surface area contributed by atoms with Gasteiger partial charge >= 0.3 is 0 Å². The summed E-state index contributed by atoms with van der Waals surface area (Å²) in [6.07, 6.45) is 8.88. The molecule has 0 bridgehead atoms. The quantitative estimate of drug-likeness (QED) is 0.108. The van der Waals surface area contributed by atoms with Gasteiger partial charge in [0, 0.05) is 32.9 Å². The van der Waals surface area contributed by atoms with Crippen LogP contribution in [0.3, 0.4) is 0 Å². The Morgan fingerprint density at radius 3 is 0.889 bits per heavy atom. The number of benzene rings is 16. The summed E-state index contributed by atoms with van der Waals surface area (Å²) in [5.41, 5.74) is 28.4. The molecule has 99 heavy (non-hydrogen) atoms. The van der Waals surface area contributed by atoms with Gasteiger partial charge < -0.3 is 9.13 Å². The molecule has 0 spiro atoms. The summed E-state index contributed by atoms with van der Waals surface area (Å²) in [5, 5.41) is 9.98. The molecular weight excluding hydrogens is 1190 g/mol. The van der Waals surface area contributed by atoms with Crippen molar-refractivity contribution in [2.24, 2.45) is 0 Å². The Hall–Kier alpha value is -12.9. The van der Waals surface area contributed by atoms with Crippen LogP contribution in [0.2, 0.25) is 0 Å². The minimum atomic E-state index is -0.563. The number of nitrogens with zero attached hydrogens (tertiary/aromatic N) is 2. The van der Waals surface area contributed by atoms with Crippen molar-refractivity contribution in [1.29, 1.82) is 0 Å². The fourth-order valence-electron chi connectivity index (χ4n) is 15.9. The number of para-hydroxylation sites is 2. The molecule has 0 unspecified atom stereocenters. The molecule has 16 aromatic carbocycles. The lowest BCUT2D eigenvalue weighted by Crippen LogP contribution is -2.28. The highest BCUT2D eigenvalue weighted by molar-refractivity contribution is 6.12. The molecule has 0 amide bonds. The van der Waals surface area contributed by atoms with Crippen LogP contribution in [0.4, 0.5) is 0 Å². The molecule has 0 atom stereocenters. The molecule has 1 aliphatic carbocycles. The number of rotatable bonds is 12. The standard InChI is InChI=1S/C97H64N2/c1-3-19-81(20-4-1)97(82-21-5-2-6-22-82)91-63-79(73-43-35-67(36-44-73)29-27-65-31-39-71(40-32-65)77-51-57-95-89(61-77)87-23-11-13-25-93(87)98(95)83-53-47-69-15-7-9-17-75(69)59-83)49-55-85(91)86-56-50-80(64-92(86)97)74-45-37-68(38-46-74)30-28-66-33-41-72(42-34-66)78-52-58-96-90(62-78)88-24-12-14-26-94(88)99(96)84-54-48-70-16-8-10-18-76(70)60-84/h1-64H. The van der Waals surface area contributed by atoms with Crippen molar-refractivity contribution < 1.29 is 0 Å². The lowest BCUT2D eigenvalue weighted by atomic mass is 9.67. The Bertz CT molecular complexity index is 5840. The van der Waals surface area contributed by atoms with Crippen molar-refractivity contribution in [1.82, 2.24) is 9.13 Å². The fourth-order valence-corrected chi connectivity index (χ4v) is 15.9. The molecule has 0 saturated carbocycles.